The van der Waals surface area contributed by atoms with Crippen LogP contribution in [0.3, 0.4) is 0 Å². The molecule has 2 aromatic heterocycles. The Balaban J connectivity index is 0.000000300. The standard InChI is InChI=1S/2C21H15N3O4.Fe.3K/c2*25-17-7-3-1-5-15(17)19-22-20(16-6-2-4-8-18(16)26)24(23-19)14-11-9-13(10-12-14)21(27)28;;;;/h2*1-12,25-26H,(H,27,28);;;;/q;;+3;3*+1/p-6. The first-order valence-electron chi connectivity index (χ1n) is 16.7. The number of hydrogen-bond acceptors (Lipinski definition) is 12. The van der Waals surface area contributed by atoms with Crippen molar-refractivity contribution in [2.75, 3.05) is 0 Å². The number of nitrogens with zero attached hydrogens (tertiary/aromatic N) is 6. The van der Waals surface area contributed by atoms with Gasteiger partial charge in [-0.05, 0) is 35.4 Å². The first-order chi connectivity index (χ1) is 27.1. The Morgan fingerprint density at radius 3 is 0.933 bits per heavy atom. The number of hydrogen-bond donors (Lipinski definition) is 0. The zero-order valence-corrected chi connectivity index (χ0v) is 42.6. The summed E-state index contributed by atoms with van der Waals surface area (Å²) in [6, 6.07) is 37.0. The van der Waals surface area contributed by atoms with Crippen LogP contribution in [0.1, 0.15) is 20.7 Å². The molecule has 0 fully saturated rings. The predicted molar refractivity (Wildman–Crippen MR) is 191 cm³/mol. The van der Waals surface area contributed by atoms with Crippen LogP contribution in [0.25, 0.3) is 56.9 Å². The van der Waals surface area contributed by atoms with Crippen molar-refractivity contribution < 1.29 is 211 Å². The summed E-state index contributed by atoms with van der Waals surface area (Å²) in [7, 11) is 0. The smallest absolute Gasteiger partial charge is 0.872 e. The van der Waals surface area contributed by atoms with Gasteiger partial charge in [0.05, 0.1) is 23.3 Å². The zero-order valence-electron chi connectivity index (χ0n) is 32.2. The van der Waals surface area contributed by atoms with Crippen LogP contribution in [0, 0.1) is 0 Å². The van der Waals surface area contributed by atoms with Crippen molar-refractivity contribution in [1.82, 2.24) is 29.5 Å². The van der Waals surface area contributed by atoms with Gasteiger partial charge in [-0.1, -0.05) is 144 Å². The molecular weight excluding hydrogens is 890 g/mol. The molecule has 8 aromatic rings. The van der Waals surface area contributed by atoms with Crippen LogP contribution in [0.5, 0.6) is 23.0 Å². The van der Waals surface area contributed by atoms with E-state index in [-0.39, 0.29) is 229 Å². The number of carbonyl (C=O) groups is 2. The van der Waals surface area contributed by atoms with E-state index in [2.05, 4.69) is 20.2 Å². The maximum atomic E-state index is 12.3. The summed E-state index contributed by atoms with van der Waals surface area (Å²) in [6.45, 7) is 0. The molecule has 14 nitrogen and oxygen atoms in total. The van der Waals surface area contributed by atoms with E-state index in [9.17, 15) is 40.2 Å². The summed E-state index contributed by atoms with van der Waals surface area (Å²) in [4.78, 5) is 30.8. The molecule has 1 radical (unpaired) electrons. The SMILES string of the molecule is O=C([O-])c1ccc(-n2nc(-c3ccccc3[O-])nc2-c2ccccc2[O-])cc1.O=C([O-])c1ccc(-n2nc(-c3ccccc3[O-])nc2-c2ccccc2[O-])cc1.[Fe+3].[K+].[K+].[K+]. The first kappa shape index (κ1) is 51.5. The van der Waals surface area contributed by atoms with Gasteiger partial charge in [-0.3, -0.25) is 0 Å². The molecule has 0 atom stereocenters. The van der Waals surface area contributed by atoms with Crippen molar-refractivity contribution in [2.45, 2.75) is 0 Å². The van der Waals surface area contributed by atoms with Gasteiger partial charge in [0.15, 0.2) is 23.3 Å². The topological polar surface area (TPSA) is 234 Å². The molecule has 281 valence electrons. The Morgan fingerprint density at radius 1 is 0.400 bits per heavy atom. The second-order valence-electron chi connectivity index (χ2n) is 12.0. The normalized spacial score (nSPS) is 10.0. The van der Waals surface area contributed by atoms with Crippen LogP contribution >= 0.6 is 0 Å². The van der Waals surface area contributed by atoms with E-state index in [1.807, 2.05) is 0 Å². The summed E-state index contributed by atoms with van der Waals surface area (Å²) < 4.78 is 2.83. The molecule has 0 aliphatic heterocycles. The van der Waals surface area contributed by atoms with E-state index in [0.29, 0.717) is 33.6 Å². The molecule has 0 spiro atoms. The average molecular weight is 914 g/mol. The van der Waals surface area contributed by atoms with E-state index in [4.69, 9.17) is 0 Å². The monoisotopic (exact) mass is 913 g/mol. The van der Waals surface area contributed by atoms with Crippen LogP contribution in [-0.2, 0) is 17.1 Å². The van der Waals surface area contributed by atoms with Crippen LogP contribution in [0.4, 0.5) is 0 Å². The number of carboxylic acid groups (broad SMARTS) is 2. The average Bonchev–Trinajstić information content (AvgIpc) is 3.85. The Bertz CT molecular complexity index is 2540. The first-order valence-corrected chi connectivity index (χ1v) is 16.7. The molecule has 18 heteroatoms. The van der Waals surface area contributed by atoms with Gasteiger partial charge in [-0.2, -0.15) is 0 Å². The molecule has 0 aliphatic carbocycles. The summed E-state index contributed by atoms with van der Waals surface area (Å²) in [5.41, 5.74) is 2.24. The second kappa shape index (κ2) is 23.6. The number of aromatic nitrogens is 6. The van der Waals surface area contributed by atoms with E-state index >= 15 is 0 Å². The van der Waals surface area contributed by atoms with Crippen LogP contribution in [0.2, 0.25) is 0 Å². The fourth-order valence-electron chi connectivity index (χ4n) is 5.64. The number of rotatable bonds is 8. The molecule has 2 heterocycles. The van der Waals surface area contributed by atoms with Gasteiger partial charge in [-0.25, -0.2) is 19.3 Å². The Labute approximate surface area is 481 Å². The van der Waals surface area contributed by atoms with Gasteiger partial charge in [0.1, 0.15) is 0 Å². The van der Waals surface area contributed by atoms with Crippen molar-refractivity contribution in [1.29, 1.82) is 0 Å². The maximum absolute atomic E-state index is 12.3. The van der Waals surface area contributed by atoms with E-state index in [1.165, 1.54) is 82.2 Å². The summed E-state index contributed by atoms with van der Waals surface area (Å²) in [6.07, 6.45) is 0. The number of aromatic carboxylic acids is 2. The molecule has 0 unspecified atom stereocenters. The molecule has 0 amide bonds. The van der Waals surface area contributed by atoms with Crippen LogP contribution in [0.15, 0.2) is 146 Å². The summed E-state index contributed by atoms with van der Waals surface area (Å²) >= 11 is 0. The fourth-order valence-corrected chi connectivity index (χ4v) is 5.64. The van der Waals surface area contributed by atoms with Crippen molar-refractivity contribution in [3.8, 4) is 79.9 Å². The minimum absolute atomic E-state index is 0. The van der Waals surface area contributed by atoms with Crippen molar-refractivity contribution in [2.24, 2.45) is 0 Å². The molecule has 0 aliphatic rings. The van der Waals surface area contributed by atoms with Crippen molar-refractivity contribution >= 4 is 11.9 Å². The molecule has 0 saturated carbocycles. The molecule has 60 heavy (non-hydrogen) atoms. The predicted octanol–water partition coefficient (Wildman–Crippen LogP) is -6.77. The minimum atomic E-state index is -1.30. The molecule has 8 rings (SSSR count). The molecular formula is C42H24FeK3N6O8. The number of carboxylic acids is 2. The van der Waals surface area contributed by atoms with E-state index < -0.39 is 11.9 Å². The summed E-state index contributed by atoms with van der Waals surface area (Å²) in [5, 5.41) is 79.8. The minimum Gasteiger partial charge on any atom is -0.872 e. The number of para-hydroxylation sites is 4. The quantitative estimate of drug-likeness (QED) is 0.130. The molecule has 6 aromatic carbocycles. The third-order valence-electron chi connectivity index (χ3n) is 8.42. The zero-order chi connectivity index (χ0) is 39.3. The number of carbonyl (C=O) groups excluding carboxylic acids is 2. The maximum Gasteiger partial charge on any atom is 3.00 e. The van der Waals surface area contributed by atoms with Crippen LogP contribution in [-0.4, -0.2) is 41.5 Å². The van der Waals surface area contributed by atoms with E-state index in [1.54, 1.807) is 72.8 Å². The molecule has 0 N–H and O–H groups in total. The van der Waals surface area contributed by atoms with Gasteiger partial charge in [-0.15, -0.1) is 10.2 Å². The Morgan fingerprint density at radius 2 is 0.667 bits per heavy atom. The third-order valence-corrected chi connectivity index (χ3v) is 8.42. The van der Waals surface area contributed by atoms with E-state index in [0.717, 1.165) is 0 Å². The van der Waals surface area contributed by atoms with Gasteiger partial charge < -0.3 is 40.2 Å². The Kier molecular flexibility index (Phi) is 20.2. The second-order valence-corrected chi connectivity index (χ2v) is 12.0. The molecule has 0 saturated heterocycles. The Hall–Kier alpha value is -2.83. The van der Waals surface area contributed by atoms with Crippen LogP contribution < -0.4 is 185 Å². The van der Waals surface area contributed by atoms with Crippen molar-refractivity contribution in [3.63, 3.8) is 0 Å². The van der Waals surface area contributed by atoms with Gasteiger partial charge >= 0.3 is 171 Å². The van der Waals surface area contributed by atoms with Gasteiger partial charge in [0.25, 0.3) is 0 Å². The van der Waals surface area contributed by atoms with Gasteiger partial charge in [0, 0.05) is 22.3 Å². The van der Waals surface area contributed by atoms with Gasteiger partial charge in [0.2, 0.25) is 0 Å². The third kappa shape index (κ3) is 11.8. The van der Waals surface area contributed by atoms with Crippen molar-refractivity contribution in [3.05, 3.63) is 157 Å². The fraction of sp³-hybridized carbons (Fsp3) is 0. The number of benzene rings is 6. The summed E-state index contributed by atoms with van der Waals surface area (Å²) in [5.74, 6) is -2.71. The largest absolute Gasteiger partial charge is 3.00 e. The molecule has 0 bridgehead atoms.